The molecule has 0 fully saturated rings. The van der Waals surface area contributed by atoms with Gasteiger partial charge in [-0.3, -0.25) is 0 Å². The average molecular weight is 266 g/mol. The van der Waals surface area contributed by atoms with Gasteiger partial charge in [0.2, 0.25) is 0 Å². The molecule has 17 heavy (non-hydrogen) atoms. The zero-order chi connectivity index (χ0) is 13.2. The molecule has 5 heteroatoms. The van der Waals surface area contributed by atoms with E-state index in [2.05, 4.69) is 0 Å². The topological polar surface area (TPSA) is 26.0 Å². The summed E-state index contributed by atoms with van der Waals surface area (Å²) in [5.41, 5.74) is 5.70. The van der Waals surface area contributed by atoms with Crippen molar-refractivity contribution >= 4 is 11.6 Å². The number of alkyl halides is 3. The first-order chi connectivity index (χ1) is 7.71. The molecule has 0 heterocycles. The summed E-state index contributed by atoms with van der Waals surface area (Å²) in [5, 5.41) is -0.297. The Morgan fingerprint density at radius 2 is 1.88 bits per heavy atom. The smallest absolute Gasteiger partial charge is 0.324 e. The Morgan fingerprint density at radius 3 is 2.29 bits per heavy atom. The van der Waals surface area contributed by atoms with Crippen molar-refractivity contribution in [2.45, 2.75) is 32.5 Å². The van der Waals surface area contributed by atoms with Gasteiger partial charge in [0.25, 0.3) is 0 Å². The fourth-order valence-corrected chi connectivity index (χ4v) is 1.93. The molecule has 0 radical (unpaired) electrons. The molecule has 96 valence electrons. The largest absolute Gasteiger partial charge is 0.417 e. The maximum absolute atomic E-state index is 12.5. The monoisotopic (exact) mass is 265 g/mol. The summed E-state index contributed by atoms with van der Waals surface area (Å²) in [4.78, 5) is 0. The summed E-state index contributed by atoms with van der Waals surface area (Å²) in [6.45, 7) is 4.01. The summed E-state index contributed by atoms with van der Waals surface area (Å²) >= 11 is 5.62. The van der Waals surface area contributed by atoms with E-state index in [-0.39, 0.29) is 11.1 Å². The second-order valence-corrected chi connectivity index (χ2v) is 4.88. The molecule has 0 saturated carbocycles. The van der Waals surface area contributed by atoms with Gasteiger partial charge in [-0.25, -0.2) is 0 Å². The van der Waals surface area contributed by atoms with Crippen molar-refractivity contribution in [3.63, 3.8) is 0 Å². The van der Waals surface area contributed by atoms with E-state index in [1.54, 1.807) is 0 Å². The van der Waals surface area contributed by atoms with Gasteiger partial charge in [-0.05, 0) is 30.0 Å². The molecule has 0 aliphatic carbocycles. The van der Waals surface area contributed by atoms with Crippen LogP contribution in [-0.2, 0) is 6.18 Å². The highest BCUT2D eigenvalue weighted by molar-refractivity contribution is 6.31. The molecule has 1 atom stereocenters. The van der Waals surface area contributed by atoms with Gasteiger partial charge in [0.05, 0.1) is 10.6 Å². The molecule has 1 rings (SSSR count). The van der Waals surface area contributed by atoms with Crippen molar-refractivity contribution < 1.29 is 13.2 Å². The minimum absolute atomic E-state index is 0.283. The Labute approximate surface area is 104 Å². The lowest BCUT2D eigenvalue weighted by atomic mass is 9.97. The van der Waals surface area contributed by atoms with Crippen molar-refractivity contribution in [1.82, 2.24) is 0 Å². The van der Waals surface area contributed by atoms with Gasteiger partial charge < -0.3 is 5.73 Å². The van der Waals surface area contributed by atoms with Gasteiger partial charge in [0, 0.05) is 6.04 Å². The Bertz CT molecular complexity index is 388. The lowest BCUT2D eigenvalue weighted by molar-refractivity contribution is -0.137. The van der Waals surface area contributed by atoms with E-state index in [9.17, 15) is 13.2 Å². The highest BCUT2D eigenvalue weighted by Crippen LogP contribution is 2.36. The highest BCUT2D eigenvalue weighted by atomic mass is 35.5. The number of nitrogens with two attached hydrogens (primary N) is 1. The second kappa shape index (κ2) is 5.27. The van der Waals surface area contributed by atoms with E-state index in [1.807, 2.05) is 13.8 Å². The van der Waals surface area contributed by atoms with Crippen LogP contribution in [-0.4, -0.2) is 0 Å². The summed E-state index contributed by atoms with van der Waals surface area (Å²) in [7, 11) is 0. The van der Waals surface area contributed by atoms with E-state index >= 15 is 0 Å². The van der Waals surface area contributed by atoms with E-state index in [4.69, 9.17) is 17.3 Å². The molecule has 0 aliphatic heterocycles. The zero-order valence-corrected chi connectivity index (χ0v) is 10.4. The molecular weight excluding hydrogens is 251 g/mol. The fourth-order valence-electron chi connectivity index (χ4n) is 1.64. The first-order valence-corrected chi connectivity index (χ1v) is 5.72. The highest BCUT2D eigenvalue weighted by Gasteiger charge is 2.33. The summed E-state index contributed by atoms with van der Waals surface area (Å²) in [6.07, 6.45) is -3.71. The Hall–Kier alpha value is -0.740. The van der Waals surface area contributed by atoms with E-state index in [0.29, 0.717) is 17.9 Å². The summed E-state index contributed by atoms with van der Waals surface area (Å²) < 4.78 is 37.4. The van der Waals surface area contributed by atoms with Crippen molar-refractivity contribution in [1.29, 1.82) is 0 Å². The minimum atomic E-state index is -4.42. The lowest BCUT2D eigenvalue weighted by Crippen LogP contribution is -2.14. The molecule has 0 unspecified atom stereocenters. The number of hydrogen-bond donors (Lipinski definition) is 1. The minimum Gasteiger partial charge on any atom is -0.324 e. The molecule has 0 amide bonds. The van der Waals surface area contributed by atoms with E-state index < -0.39 is 11.7 Å². The van der Waals surface area contributed by atoms with Crippen molar-refractivity contribution in [2.75, 3.05) is 0 Å². The molecule has 0 spiro atoms. The van der Waals surface area contributed by atoms with Gasteiger partial charge in [-0.15, -0.1) is 0 Å². The molecule has 1 nitrogen and oxygen atoms in total. The van der Waals surface area contributed by atoms with Crippen LogP contribution in [0.4, 0.5) is 13.2 Å². The van der Waals surface area contributed by atoms with Crippen LogP contribution in [0.1, 0.15) is 37.4 Å². The molecular formula is C12H15ClF3N. The fraction of sp³-hybridized carbons (Fsp3) is 0.500. The van der Waals surface area contributed by atoms with Crippen LogP contribution in [0.15, 0.2) is 18.2 Å². The normalized spacial score (nSPS) is 14.1. The third kappa shape index (κ3) is 3.89. The average Bonchev–Trinajstić information content (AvgIpc) is 2.14. The van der Waals surface area contributed by atoms with Crippen LogP contribution in [0.25, 0.3) is 0 Å². The van der Waals surface area contributed by atoms with E-state index in [0.717, 1.165) is 6.07 Å². The molecule has 1 aromatic carbocycles. The lowest BCUT2D eigenvalue weighted by Gasteiger charge is -2.16. The standard InChI is InChI=1S/C12H15ClF3N/c1-7(2)5-11(17)8-3-4-9(10(13)6-8)12(14,15)16/h3-4,6-7,11H,5,17H2,1-2H3/t11-/m1/s1. The maximum atomic E-state index is 12.5. The van der Waals surface area contributed by atoms with Gasteiger partial charge in [-0.2, -0.15) is 13.2 Å². The molecule has 0 aliphatic rings. The van der Waals surface area contributed by atoms with Crippen molar-refractivity contribution in [3.8, 4) is 0 Å². The molecule has 2 N–H and O–H groups in total. The molecule has 0 saturated heterocycles. The summed E-state index contributed by atoms with van der Waals surface area (Å²) in [6, 6.07) is 3.40. The first-order valence-electron chi connectivity index (χ1n) is 5.34. The third-order valence-electron chi connectivity index (χ3n) is 2.45. The Kier molecular flexibility index (Phi) is 4.44. The number of hydrogen-bond acceptors (Lipinski definition) is 1. The van der Waals surface area contributed by atoms with Crippen molar-refractivity contribution in [2.24, 2.45) is 11.7 Å². The van der Waals surface area contributed by atoms with Gasteiger partial charge >= 0.3 is 6.18 Å². The Morgan fingerprint density at radius 1 is 1.29 bits per heavy atom. The van der Waals surface area contributed by atoms with Gasteiger partial charge in [-0.1, -0.05) is 31.5 Å². The van der Waals surface area contributed by atoms with Crippen LogP contribution < -0.4 is 5.73 Å². The van der Waals surface area contributed by atoms with Crippen LogP contribution in [0.2, 0.25) is 5.02 Å². The van der Waals surface area contributed by atoms with Crippen LogP contribution >= 0.6 is 11.6 Å². The first kappa shape index (κ1) is 14.3. The summed E-state index contributed by atoms with van der Waals surface area (Å²) in [5.74, 6) is 0.381. The number of halogens is 4. The van der Waals surface area contributed by atoms with Gasteiger partial charge in [0.15, 0.2) is 0 Å². The number of rotatable bonds is 3. The number of benzene rings is 1. The van der Waals surface area contributed by atoms with Crippen LogP contribution in [0, 0.1) is 5.92 Å². The predicted octanol–water partition coefficient (Wildman–Crippen LogP) is 4.40. The zero-order valence-electron chi connectivity index (χ0n) is 9.68. The predicted molar refractivity (Wildman–Crippen MR) is 62.8 cm³/mol. The van der Waals surface area contributed by atoms with Gasteiger partial charge in [0.1, 0.15) is 0 Å². The second-order valence-electron chi connectivity index (χ2n) is 4.47. The quantitative estimate of drug-likeness (QED) is 0.861. The van der Waals surface area contributed by atoms with Crippen LogP contribution in [0.3, 0.4) is 0 Å². The van der Waals surface area contributed by atoms with Crippen molar-refractivity contribution in [3.05, 3.63) is 34.3 Å². The molecule has 0 aromatic heterocycles. The third-order valence-corrected chi connectivity index (χ3v) is 2.76. The molecule has 0 bridgehead atoms. The molecule has 1 aromatic rings. The maximum Gasteiger partial charge on any atom is 0.417 e. The Balaban J connectivity index is 2.97. The SMILES string of the molecule is CC(C)C[C@@H](N)c1ccc(C(F)(F)F)c(Cl)c1. The van der Waals surface area contributed by atoms with Crippen LogP contribution in [0.5, 0.6) is 0 Å². The van der Waals surface area contributed by atoms with E-state index in [1.165, 1.54) is 12.1 Å².